The van der Waals surface area contributed by atoms with E-state index >= 15 is 0 Å². The van der Waals surface area contributed by atoms with Crippen molar-refractivity contribution < 1.29 is 5.11 Å². The van der Waals surface area contributed by atoms with Gasteiger partial charge in [0.2, 0.25) is 0 Å². The van der Waals surface area contributed by atoms with Crippen molar-refractivity contribution in [2.45, 2.75) is 57.5 Å². The van der Waals surface area contributed by atoms with Crippen molar-refractivity contribution in [1.82, 2.24) is 10.6 Å². The summed E-state index contributed by atoms with van der Waals surface area (Å²) in [4.78, 5) is 4.57. The molecule has 0 atom stereocenters. The number of guanidine groups is 1. The van der Waals surface area contributed by atoms with Crippen molar-refractivity contribution in [3.05, 3.63) is 0 Å². The van der Waals surface area contributed by atoms with Gasteiger partial charge in [-0.3, -0.25) is 4.99 Å². The van der Waals surface area contributed by atoms with Gasteiger partial charge in [0, 0.05) is 13.1 Å². The van der Waals surface area contributed by atoms with Crippen LogP contribution < -0.4 is 10.6 Å². The number of hydrogen-bond acceptors (Lipinski definition) is 3. The molecule has 0 spiro atoms. The first-order chi connectivity index (χ1) is 9.70. The Morgan fingerprint density at radius 1 is 1.20 bits per heavy atom. The van der Waals surface area contributed by atoms with Gasteiger partial charge in [0.15, 0.2) is 5.96 Å². The third-order valence-corrected chi connectivity index (χ3v) is 4.42. The van der Waals surface area contributed by atoms with Crippen LogP contribution in [0.25, 0.3) is 0 Å². The van der Waals surface area contributed by atoms with E-state index in [1.54, 1.807) is 0 Å². The highest BCUT2D eigenvalue weighted by Gasteiger charge is 2.28. The Morgan fingerprint density at radius 3 is 2.60 bits per heavy atom. The normalized spacial score (nSPS) is 18.9. The number of nitrogens with one attached hydrogen (secondary N) is 2. The van der Waals surface area contributed by atoms with Crippen LogP contribution in [0.2, 0.25) is 0 Å². The fourth-order valence-corrected chi connectivity index (χ4v) is 3.01. The van der Waals surface area contributed by atoms with Gasteiger partial charge in [-0.1, -0.05) is 19.3 Å². The van der Waals surface area contributed by atoms with Crippen molar-refractivity contribution in [3.8, 4) is 0 Å². The van der Waals surface area contributed by atoms with Crippen LogP contribution >= 0.6 is 11.8 Å². The highest BCUT2D eigenvalue weighted by atomic mass is 32.2. The predicted octanol–water partition coefficient (Wildman–Crippen LogP) is 2.38. The summed E-state index contributed by atoms with van der Waals surface area (Å²) in [6.45, 7) is 4.40. The minimum absolute atomic E-state index is 0.521. The summed E-state index contributed by atoms with van der Waals surface area (Å²) < 4.78 is 0. The van der Waals surface area contributed by atoms with Crippen molar-refractivity contribution in [3.63, 3.8) is 0 Å². The van der Waals surface area contributed by atoms with Crippen molar-refractivity contribution in [1.29, 1.82) is 0 Å². The van der Waals surface area contributed by atoms with Crippen LogP contribution in [0.1, 0.15) is 51.9 Å². The van der Waals surface area contributed by atoms with Crippen LogP contribution in [-0.4, -0.2) is 48.3 Å². The predicted molar refractivity (Wildman–Crippen MR) is 89.6 cm³/mol. The molecule has 0 bridgehead atoms. The molecule has 0 aromatic rings. The maximum absolute atomic E-state index is 10.5. The molecule has 0 saturated heterocycles. The molecule has 0 heterocycles. The third-order valence-electron chi connectivity index (χ3n) is 3.73. The van der Waals surface area contributed by atoms with Gasteiger partial charge in [0.1, 0.15) is 0 Å². The first-order valence-electron chi connectivity index (χ1n) is 7.94. The zero-order valence-corrected chi connectivity index (χ0v) is 13.9. The molecule has 1 rings (SSSR count). The molecule has 0 aromatic carbocycles. The molecule has 4 nitrogen and oxygen atoms in total. The molecule has 0 aliphatic heterocycles. The second kappa shape index (κ2) is 10.3. The first-order valence-corrected chi connectivity index (χ1v) is 9.33. The Morgan fingerprint density at radius 2 is 1.95 bits per heavy atom. The molecular weight excluding hydrogens is 270 g/mol. The summed E-state index contributed by atoms with van der Waals surface area (Å²) in [7, 11) is 0. The van der Waals surface area contributed by atoms with E-state index in [0.29, 0.717) is 6.54 Å². The summed E-state index contributed by atoms with van der Waals surface area (Å²) in [6, 6.07) is 0. The zero-order valence-electron chi connectivity index (χ0n) is 13.1. The minimum atomic E-state index is -0.570. The summed E-state index contributed by atoms with van der Waals surface area (Å²) in [6.07, 6.45) is 9.83. The Kier molecular flexibility index (Phi) is 9.10. The lowest BCUT2D eigenvalue weighted by Gasteiger charge is -2.30. The van der Waals surface area contributed by atoms with Gasteiger partial charge >= 0.3 is 0 Å². The number of aliphatic imine (C=N–C) groups is 1. The molecule has 0 amide bonds. The van der Waals surface area contributed by atoms with Crippen LogP contribution in [0.5, 0.6) is 0 Å². The monoisotopic (exact) mass is 301 g/mol. The number of aliphatic hydroxyl groups is 1. The van der Waals surface area contributed by atoms with E-state index < -0.39 is 5.60 Å². The zero-order chi connectivity index (χ0) is 14.7. The SMILES string of the molecule is CCNC(=NCC1(O)CCCCC1)NCCCCSC. The fourth-order valence-electron chi connectivity index (χ4n) is 2.51. The summed E-state index contributed by atoms with van der Waals surface area (Å²) >= 11 is 1.89. The molecule has 1 aliphatic carbocycles. The standard InChI is InChI=1S/C15H31N3OS/c1-3-16-14(17-11-7-8-12-20-2)18-13-15(19)9-5-4-6-10-15/h19H,3-13H2,1-2H3,(H2,16,17,18). The maximum Gasteiger partial charge on any atom is 0.191 e. The van der Waals surface area contributed by atoms with Gasteiger partial charge in [-0.2, -0.15) is 11.8 Å². The highest BCUT2D eigenvalue weighted by Crippen LogP contribution is 2.28. The Labute approximate surface area is 128 Å². The van der Waals surface area contributed by atoms with Crippen molar-refractivity contribution in [2.75, 3.05) is 31.6 Å². The van der Waals surface area contributed by atoms with Gasteiger partial charge in [-0.05, 0) is 44.6 Å². The van der Waals surface area contributed by atoms with E-state index in [1.807, 2.05) is 11.8 Å². The largest absolute Gasteiger partial charge is 0.388 e. The lowest BCUT2D eigenvalue weighted by molar-refractivity contribution is 0.0131. The van der Waals surface area contributed by atoms with E-state index in [4.69, 9.17) is 0 Å². The first kappa shape index (κ1) is 17.6. The number of nitrogens with zero attached hydrogens (tertiary/aromatic N) is 1. The van der Waals surface area contributed by atoms with Gasteiger partial charge in [0.25, 0.3) is 0 Å². The second-order valence-corrected chi connectivity index (χ2v) is 6.59. The Balaban J connectivity index is 2.33. The number of hydrogen-bond donors (Lipinski definition) is 3. The molecule has 5 heteroatoms. The average Bonchev–Trinajstić information content (AvgIpc) is 2.45. The molecule has 3 N–H and O–H groups in total. The molecule has 0 unspecified atom stereocenters. The summed E-state index contributed by atoms with van der Waals surface area (Å²) in [5.41, 5.74) is -0.570. The third kappa shape index (κ3) is 7.39. The molecule has 20 heavy (non-hydrogen) atoms. The number of rotatable bonds is 8. The maximum atomic E-state index is 10.5. The minimum Gasteiger partial charge on any atom is -0.388 e. The Hall–Kier alpha value is -0.420. The lowest BCUT2D eigenvalue weighted by Crippen LogP contribution is -2.41. The molecule has 1 fully saturated rings. The quantitative estimate of drug-likeness (QED) is 0.366. The molecule has 118 valence electrons. The number of unbranched alkanes of at least 4 members (excludes halogenated alkanes) is 1. The smallest absolute Gasteiger partial charge is 0.191 e. The van der Waals surface area contributed by atoms with E-state index in [1.165, 1.54) is 18.6 Å². The number of thioether (sulfide) groups is 1. The van der Waals surface area contributed by atoms with Crippen LogP contribution in [0.4, 0.5) is 0 Å². The van der Waals surface area contributed by atoms with Gasteiger partial charge in [-0.15, -0.1) is 0 Å². The van der Waals surface area contributed by atoms with Gasteiger partial charge < -0.3 is 15.7 Å². The fraction of sp³-hybridized carbons (Fsp3) is 0.933. The summed E-state index contributed by atoms with van der Waals surface area (Å²) in [5.74, 6) is 2.06. The van der Waals surface area contributed by atoms with Crippen LogP contribution in [0.15, 0.2) is 4.99 Å². The molecule has 1 aliphatic rings. The summed E-state index contributed by atoms with van der Waals surface area (Å²) in [5, 5.41) is 17.1. The van der Waals surface area contributed by atoms with E-state index in [9.17, 15) is 5.11 Å². The lowest BCUT2D eigenvalue weighted by atomic mass is 9.85. The molecule has 1 saturated carbocycles. The second-order valence-electron chi connectivity index (χ2n) is 5.61. The topological polar surface area (TPSA) is 56.7 Å². The molecular formula is C15H31N3OS. The average molecular weight is 301 g/mol. The van der Waals surface area contributed by atoms with Crippen LogP contribution in [0.3, 0.4) is 0 Å². The Bertz CT molecular complexity index is 278. The van der Waals surface area contributed by atoms with E-state index in [-0.39, 0.29) is 0 Å². The van der Waals surface area contributed by atoms with Crippen molar-refractivity contribution in [2.24, 2.45) is 4.99 Å². The molecule has 0 radical (unpaired) electrons. The highest BCUT2D eigenvalue weighted by molar-refractivity contribution is 7.98. The van der Waals surface area contributed by atoms with Gasteiger partial charge in [0.05, 0.1) is 12.1 Å². The van der Waals surface area contributed by atoms with E-state index in [0.717, 1.165) is 51.2 Å². The van der Waals surface area contributed by atoms with E-state index in [2.05, 4.69) is 28.8 Å². The van der Waals surface area contributed by atoms with Crippen LogP contribution in [0, 0.1) is 0 Å². The van der Waals surface area contributed by atoms with Crippen molar-refractivity contribution >= 4 is 17.7 Å². The van der Waals surface area contributed by atoms with Crippen LogP contribution in [-0.2, 0) is 0 Å². The van der Waals surface area contributed by atoms with Gasteiger partial charge in [-0.25, -0.2) is 0 Å². The molecule has 0 aromatic heterocycles.